The first kappa shape index (κ1) is 26.6. The van der Waals surface area contributed by atoms with Crippen molar-refractivity contribution < 1.29 is 9.18 Å². The highest BCUT2D eigenvalue weighted by molar-refractivity contribution is 5.90. The second-order valence-electron chi connectivity index (χ2n) is 3.03. The van der Waals surface area contributed by atoms with Crippen LogP contribution in [0.1, 0.15) is 48.5 Å². The molecule has 1 amide bonds. The maximum absolute atomic E-state index is 12.4. The molecule has 3 nitrogen and oxygen atoms in total. The molecule has 0 aromatic heterocycles. The Kier molecular flexibility index (Phi) is 31.2. The molecule has 118 valence electrons. The molecule has 0 N–H and O–H groups in total. The molecule has 0 unspecified atom stereocenters. The lowest BCUT2D eigenvalue weighted by Crippen LogP contribution is -2.34. The molecule has 0 bridgehead atoms. The van der Waals surface area contributed by atoms with Gasteiger partial charge in [0.25, 0.3) is 5.91 Å². The summed E-state index contributed by atoms with van der Waals surface area (Å²) >= 11 is 0. The van der Waals surface area contributed by atoms with E-state index in [0.717, 1.165) is 13.1 Å². The third-order valence-electron chi connectivity index (χ3n) is 1.94. The predicted molar refractivity (Wildman–Crippen MR) is 85.1 cm³/mol. The minimum absolute atomic E-state index is 0.520. The summed E-state index contributed by atoms with van der Waals surface area (Å²) in [6.07, 6.45) is 0. The number of carbonyl (C=O) groups is 1. The second kappa shape index (κ2) is 22.3. The number of hydrogen-bond acceptors (Lipinski definition) is 2. The highest BCUT2D eigenvalue weighted by Gasteiger charge is 2.11. The van der Waals surface area contributed by atoms with Crippen molar-refractivity contribution in [3.05, 3.63) is 12.4 Å². The molecule has 0 aromatic rings. The Morgan fingerprint density at radius 3 is 1.63 bits per heavy atom. The first-order valence-corrected chi connectivity index (χ1v) is 7.27. The van der Waals surface area contributed by atoms with Gasteiger partial charge in [-0.2, -0.15) is 0 Å². The van der Waals surface area contributed by atoms with E-state index in [1.54, 1.807) is 7.05 Å². The first-order valence-electron chi connectivity index (χ1n) is 7.27. The molecule has 0 atom stereocenters. The summed E-state index contributed by atoms with van der Waals surface area (Å²) in [5, 5.41) is 0. The van der Waals surface area contributed by atoms with Crippen LogP contribution in [-0.2, 0) is 4.79 Å². The summed E-state index contributed by atoms with van der Waals surface area (Å²) in [5.74, 6) is -1.54. The summed E-state index contributed by atoms with van der Waals surface area (Å²) in [5.41, 5.74) is 0. The third-order valence-corrected chi connectivity index (χ3v) is 1.94. The van der Waals surface area contributed by atoms with Crippen LogP contribution in [0.5, 0.6) is 0 Å². The molecule has 0 aliphatic carbocycles. The zero-order valence-corrected chi connectivity index (χ0v) is 14.5. The topological polar surface area (TPSA) is 23.6 Å². The van der Waals surface area contributed by atoms with Gasteiger partial charge in [0.15, 0.2) is 5.83 Å². The Bertz CT molecular complexity index is 197. The van der Waals surface area contributed by atoms with Gasteiger partial charge in [0, 0.05) is 20.1 Å². The van der Waals surface area contributed by atoms with Crippen molar-refractivity contribution in [2.45, 2.75) is 48.5 Å². The average molecular weight is 278 g/mol. The van der Waals surface area contributed by atoms with E-state index < -0.39 is 11.7 Å². The van der Waals surface area contributed by atoms with Crippen LogP contribution in [0.4, 0.5) is 4.39 Å². The van der Waals surface area contributed by atoms with E-state index in [1.807, 2.05) is 60.4 Å². The summed E-state index contributed by atoms with van der Waals surface area (Å²) in [6.45, 7) is 19.2. The van der Waals surface area contributed by atoms with Gasteiger partial charge in [0.2, 0.25) is 0 Å². The fraction of sp³-hybridized carbons (Fsp3) is 0.800. The average Bonchev–Trinajstić information content (AvgIpc) is 2.49. The van der Waals surface area contributed by atoms with E-state index in [1.165, 1.54) is 4.90 Å². The smallest absolute Gasteiger partial charge is 0.281 e. The van der Waals surface area contributed by atoms with Gasteiger partial charge in [-0.1, -0.05) is 55.0 Å². The maximum Gasteiger partial charge on any atom is 0.281 e. The molecule has 0 aromatic carbocycles. The van der Waals surface area contributed by atoms with Gasteiger partial charge in [0.05, 0.1) is 0 Å². The van der Waals surface area contributed by atoms with Crippen LogP contribution in [0.25, 0.3) is 0 Å². The molecule has 0 spiro atoms. The Labute approximate surface area is 120 Å². The molecule has 0 radical (unpaired) electrons. The number of amides is 1. The lowest BCUT2D eigenvalue weighted by atomic mass is 10.4. The van der Waals surface area contributed by atoms with Crippen molar-refractivity contribution in [3.63, 3.8) is 0 Å². The number of rotatable bonds is 5. The number of nitrogens with zero attached hydrogens (tertiary/aromatic N) is 2. The molecule has 0 heterocycles. The Morgan fingerprint density at radius 1 is 1.00 bits per heavy atom. The SMILES string of the molecule is C=C(F)C(=O)N(C)CCN(C)CC.CC.CC.CC. The lowest BCUT2D eigenvalue weighted by molar-refractivity contribution is -0.127. The van der Waals surface area contributed by atoms with E-state index in [0.29, 0.717) is 6.54 Å². The van der Waals surface area contributed by atoms with E-state index in [4.69, 9.17) is 0 Å². The quantitative estimate of drug-likeness (QED) is 0.711. The van der Waals surface area contributed by atoms with E-state index in [2.05, 4.69) is 6.58 Å². The summed E-state index contributed by atoms with van der Waals surface area (Å²) < 4.78 is 12.4. The number of hydrogen-bond donors (Lipinski definition) is 0. The van der Waals surface area contributed by atoms with Gasteiger partial charge in [-0.25, -0.2) is 4.39 Å². The van der Waals surface area contributed by atoms with Gasteiger partial charge < -0.3 is 9.80 Å². The Balaban J connectivity index is -0.000000163. The minimum Gasteiger partial charge on any atom is -0.338 e. The predicted octanol–water partition coefficient (Wildman–Crippen LogP) is 3.96. The van der Waals surface area contributed by atoms with Crippen LogP contribution < -0.4 is 0 Å². The van der Waals surface area contributed by atoms with Gasteiger partial charge in [-0.3, -0.25) is 4.79 Å². The molecule has 4 heteroatoms. The fourth-order valence-electron chi connectivity index (χ4n) is 0.787. The Morgan fingerprint density at radius 2 is 1.37 bits per heavy atom. The van der Waals surface area contributed by atoms with Crippen molar-refractivity contribution in [1.82, 2.24) is 9.80 Å². The summed E-state index contributed by atoms with van der Waals surface area (Å²) in [7, 11) is 3.51. The Hall–Kier alpha value is -0.900. The summed E-state index contributed by atoms with van der Waals surface area (Å²) in [4.78, 5) is 14.4. The van der Waals surface area contributed by atoms with E-state index in [-0.39, 0.29) is 0 Å². The van der Waals surface area contributed by atoms with Crippen LogP contribution in [0.3, 0.4) is 0 Å². The monoisotopic (exact) mass is 278 g/mol. The minimum atomic E-state index is -0.901. The van der Waals surface area contributed by atoms with Crippen LogP contribution in [0.15, 0.2) is 12.4 Å². The molecule has 0 aliphatic heterocycles. The number of halogens is 1. The standard InChI is InChI=1S/C9H17FN2O.3C2H6/c1-5-11(3)6-7-12(4)9(13)8(2)10;3*1-2/h2,5-7H2,1,3-4H3;3*1-2H3. The molecular formula is C15H35FN2O. The van der Waals surface area contributed by atoms with Crippen molar-refractivity contribution in [3.8, 4) is 0 Å². The van der Waals surface area contributed by atoms with E-state index in [9.17, 15) is 9.18 Å². The largest absolute Gasteiger partial charge is 0.338 e. The summed E-state index contributed by atoms with van der Waals surface area (Å²) in [6, 6.07) is 0. The third kappa shape index (κ3) is 19.6. The van der Waals surface area contributed by atoms with E-state index >= 15 is 0 Å². The first-order chi connectivity index (χ1) is 8.99. The van der Waals surface area contributed by atoms with Crippen molar-refractivity contribution in [1.29, 1.82) is 0 Å². The fourth-order valence-corrected chi connectivity index (χ4v) is 0.787. The zero-order chi connectivity index (χ0) is 16.4. The van der Waals surface area contributed by atoms with Crippen LogP contribution in [0.2, 0.25) is 0 Å². The number of carbonyl (C=O) groups excluding carboxylic acids is 1. The van der Waals surface area contributed by atoms with Gasteiger partial charge in [0.1, 0.15) is 0 Å². The lowest BCUT2D eigenvalue weighted by Gasteiger charge is -2.20. The van der Waals surface area contributed by atoms with Crippen LogP contribution in [0, 0.1) is 0 Å². The molecule has 0 saturated carbocycles. The maximum atomic E-state index is 12.4. The zero-order valence-electron chi connectivity index (χ0n) is 14.5. The van der Waals surface area contributed by atoms with Crippen molar-refractivity contribution >= 4 is 5.91 Å². The highest BCUT2D eigenvalue weighted by Crippen LogP contribution is 1.97. The molecule has 0 saturated heterocycles. The molecule has 0 aliphatic rings. The molecule has 19 heavy (non-hydrogen) atoms. The van der Waals surface area contributed by atoms with Crippen LogP contribution >= 0.6 is 0 Å². The van der Waals surface area contributed by atoms with Gasteiger partial charge in [-0.15, -0.1) is 0 Å². The molecular weight excluding hydrogens is 243 g/mol. The van der Waals surface area contributed by atoms with Crippen molar-refractivity contribution in [2.24, 2.45) is 0 Å². The highest BCUT2D eigenvalue weighted by atomic mass is 19.1. The van der Waals surface area contributed by atoms with Crippen molar-refractivity contribution in [2.75, 3.05) is 33.7 Å². The second-order valence-corrected chi connectivity index (χ2v) is 3.03. The molecule has 0 fully saturated rings. The number of likely N-dealkylation sites (N-methyl/N-ethyl adjacent to an activating group) is 2. The van der Waals surface area contributed by atoms with Crippen LogP contribution in [-0.4, -0.2) is 49.4 Å². The molecule has 0 rings (SSSR count). The van der Waals surface area contributed by atoms with Gasteiger partial charge >= 0.3 is 0 Å². The van der Waals surface area contributed by atoms with Gasteiger partial charge in [-0.05, 0) is 13.6 Å². The normalized spacial score (nSPS) is 7.95.